The molecule has 0 spiro atoms. The first-order valence-electron chi connectivity index (χ1n) is 6.73. The van der Waals surface area contributed by atoms with Gasteiger partial charge in [0, 0.05) is 23.5 Å². The normalized spacial score (nSPS) is 10.2. The molecule has 2 aromatic carbocycles. The Balaban J connectivity index is 1.69. The molecule has 5 heteroatoms. The minimum Gasteiger partial charge on any atom is -0.267 e. The molecule has 0 saturated heterocycles. The third kappa shape index (κ3) is 2.93. The number of hydrogen-bond acceptors (Lipinski definition) is 3. The number of rotatable bonds is 2. The molecule has 0 aliphatic heterocycles. The highest BCUT2D eigenvalue weighted by Crippen LogP contribution is 2.15. The van der Waals surface area contributed by atoms with Crippen LogP contribution in [0.2, 0.25) is 0 Å². The van der Waals surface area contributed by atoms with E-state index >= 15 is 0 Å². The van der Waals surface area contributed by atoms with Crippen LogP contribution in [-0.2, 0) is 0 Å². The Morgan fingerprint density at radius 1 is 0.727 bits per heavy atom. The molecule has 0 fully saturated rings. The van der Waals surface area contributed by atoms with Crippen LogP contribution in [-0.4, -0.2) is 16.8 Å². The molecule has 22 heavy (non-hydrogen) atoms. The number of carbonyl (C=O) groups excluding carboxylic acids is 2. The summed E-state index contributed by atoms with van der Waals surface area (Å²) >= 11 is 0. The topological polar surface area (TPSA) is 71.1 Å². The Labute approximate surface area is 127 Å². The summed E-state index contributed by atoms with van der Waals surface area (Å²) in [5.41, 5.74) is 5.69. The second-order valence-corrected chi connectivity index (χ2v) is 4.71. The van der Waals surface area contributed by atoms with E-state index in [4.69, 9.17) is 0 Å². The summed E-state index contributed by atoms with van der Waals surface area (Å²) in [7, 11) is 0. The monoisotopic (exact) mass is 291 g/mol. The molecule has 0 radical (unpaired) electrons. The molecule has 0 bridgehead atoms. The van der Waals surface area contributed by atoms with E-state index in [1.54, 1.807) is 24.3 Å². The van der Waals surface area contributed by atoms with E-state index in [1.807, 2.05) is 30.3 Å². The van der Waals surface area contributed by atoms with Crippen LogP contribution in [0.1, 0.15) is 20.7 Å². The van der Waals surface area contributed by atoms with E-state index in [0.29, 0.717) is 11.1 Å². The van der Waals surface area contributed by atoms with E-state index in [-0.39, 0.29) is 5.91 Å². The summed E-state index contributed by atoms with van der Waals surface area (Å²) in [5, 5.41) is 2.02. The predicted molar refractivity (Wildman–Crippen MR) is 83.1 cm³/mol. The lowest BCUT2D eigenvalue weighted by Crippen LogP contribution is -2.41. The Morgan fingerprint density at radius 3 is 2.09 bits per heavy atom. The zero-order valence-electron chi connectivity index (χ0n) is 11.6. The Morgan fingerprint density at radius 2 is 1.36 bits per heavy atom. The van der Waals surface area contributed by atoms with Crippen LogP contribution in [0.5, 0.6) is 0 Å². The number of aromatic nitrogens is 1. The summed E-state index contributed by atoms with van der Waals surface area (Å²) in [6.45, 7) is 0. The highest BCUT2D eigenvalue weighted by atomic mass is 16.2. The van der Waals surface area contributed by atoms with Crippen molar-refractivity contribution < 1.29 is 9.59 Å². The first kappa shape index (κ1) is 13.8. The summed E-state index contributed by atoms with van der Waals surface area (Å²) in [6, 6.07) is 16.3. The molecule has 3 aromatic rings. The maximum atomic E-state index is 12.1. The molecule has 0 aliphatic carbocycles. The fourth-order valence-electron chi connectivity index (χ4n) is 2.09. The first-order chi connectivity index (χ1) is 10.7. The van der Waals surface area contributed by atoms with Gasteiger partial charge in [-0.1, -0.05) is 30.3 Å². The van der Waals surface area contributed by atoms with Gasteiger partial charge in [0.1, 0.15) is 0 Å². The lowest BCUT2D eigenvalue weighted by atomic mass is 10.1. The van der Waals surface area contributed by atoms with Crippen molar-refractivity contribution in [1.82, 2.24) is 15.8 Å². The Hall–Kier alpha value is -3.21. The number of carbonyl (C=O) groups is 2. The zero-order chi connectivity index (χ0) is 15.4. The van der Waals surface area contributed by atoms with E-state index < -0.39 is 5.91 Å². The van der Waals surface area contributed by atoms with Crippen LogP contribution in [0.3, 0.4) is 0 Å². The maximum absolute atomic E-state index is 12.1. The van der Waals surface area contributed by atoms with Gasteiger partial charge in [0.05, 0.1) is 0 Å². The van der Waals surface area contributed by atoms with Crippen molar-refractivity contribution in [2.45, 2.75) is 0 Å². The van der Waals surface area contributed by atoms with Gasteiger partial charge in [-0.3, -0.25) is 25.4 Å². The predicted octanol–water partition coefficient (Wildman–Crippen LogP) is 2.31. The fourth-order valence-corrected chi connectivity index (χ4v) is 2.09. The summed E-state index contributed by atoms with van der Waals surface area (Å²) in [6.07, 6.45) is 3.03. The van der Waals surface area contributed by atoms with Crippen LogP contribution in [0.4, 0.5) is 0 Å². The second kappa shape index (κ2) is 6.05. The number of amides is 2. The summed E-state index contributed by atoms with van der Waals surface area (Å²) in [5.74, 6) is -0.760. The number of pyridine rings is 1. The molecule has 1 aromatic heterocycles. The lowest BCUT2D eigenvalue weighted by Gasteiger charge is -2.08. The van der Waals surface area contributed by atoms with Crippen LogP contribution in [0, 0.1) is 0 Å². The summed E-state index contributed by atoms with van der Waals surface area (Å²) in [4.78, 5) is 27.8. The second-order valence-electron chi connectivity index (χ2n) is 4.71. The molecular formula is C17H13N3O2. The SMILES string of the molecule is O=C(NNC(=O)c1ccc2ccccc2c1)c1ccncc1. The van der Waals surface area contributed by atoms with Crippen molar-refractivity contribution >= 4 is 22.6 Å². The van der Waals surface area contributed by atoms with Gasteiger partial charge in [-0.05, 0) is 35.0 Å². The van der Waals surface area contributed by atoms with Gasteiger partial charge in [0.25, 0.3) is 11.8 Å². The Bertz CT molecular complexity index is 831. The Kier molecular flexibility index (Phi) is 3.78. The van der Waals surface area contributed by atoms with Gasteiger partial charge in [0.2, 0.25) is 0 Å². The van der Waals surface area contributed by atoms with Gasteiger partial charge in [-0.25, -0.2) is 0 Å². The smallest absolute Gasteiger partial charge is 0.267 e. The van der Waals surface area contributed by atoms with Gasteiger partial charge < -0.3 is 0 Å². The molecule has 108 valence electrons. The number of fused-ring (bicyclic) bond motifs is 1. The minimum absolute atomic E-state index is 0.367. The van der Waals surface area contributed by atoms with Gasteiger partial charge in [-0.15, -0.1) is 0 Å². The number of nitrogens with zero attached hydrogens (tertiary/aromatic N) is 1. The molecule has 3 rings (SSSR count). The maximum Gasteiger partial charge on any atom is 0.269 e. The van der Waals surface area contributed by atoms with Gasteiger partial charge in [-0.2, -0.15) is 0 Å². The highest BCUT2D eigenvalue weighted by Gasteiger charge is 2.09. The van der Waals surface area contributed by atoms with E-state index in [0.717, 1.165) is 10.8 Å². The molecule has 0 atom stereocenters. The molecule has 1 heterocycles. The lowest BCUT2D eigenvalue weighted by molar-refractivity contribution is 0.0846. The molecule has 2 amide bonds. The van der Waals surface area contributed by atoms with Crippen molar-refractivity contribution in [2.75, 3.05) is 0 Å². The van der Waals surface area contributed by atoms with Gasteiger partial charge in [0.15, 0.2) is 0 Å². The average Bonchev–Trinajstić information content (AvgIpc) is 2.59. The standard InChI is InChI=1S/C17H13N3O2/c21-16(13-7-9-18-10-8-13)19-20-17(22)15-6-5-12-3-1-2-4-14(12)11-15/h1-11H,(H,19,21)(H,20,22). The number of nitrogens with one attached hydrogen (secondary N) is 2. The average molecular weight is 291 g/mol. The van der Waals surface area contributed by atoms with Crippen LogP contribution in [0.15, 0.2) is 67.0 Å². The molecule has 5 nitrogen and oxygen atoms in total. The van der Waals surface area contributed by atoms with Crippen molar-refractivity contribution in [2.24, 2.45) is 0 Å². The van der Waals surface area contributed by atoms with E-state index in [2.05, 4.69) is 15.8 Å². The van der Waals surface area contributed by atoms with Crippen LogP contribution in [0.25, 0.3) is 10.8 Å². The number of hydrazine groups is 1. The van der Waals surface area contributed by atoms with Crippen LogP contribution >= 0.6 is 0 Å². The third-order valence-electron chi connectivity index (χ3n) is 3.24. The van der Waals surface area contributed by atoms with Crippen molar-refractivity contribution in [3.05, 3.63) is 78.1 Å². The molecule has 0 unspecified atom stereocenters. The fraction of sp³-hybridized carbons (Fsp3) is 0. The van der Waals surface area contributed by atoms with Crippen molar-refractivity contribution in [1.29, 1.82) is 0 Å². The molecule has 0 aliphatic rings. The highest BCUT2D eigenvalue weighted by molar-refractivity contribution is 6.01. The van der Waals surface area contributed by atoms with E-state index in [1.165, 1.54) is 12.4 Å². The van der Waals surface area contributed by atoms with Gasteiger partial charge >= 0.3 is 0 Å². The molecule has 0 saturated carbocycles. The van der Waals surface area contributed by atoms with Crippen molar-refractivity contribution in [3.8, 4) is 0 Å². The van der Waals surface area contributed by atoms with Crippen LogP contribution < -0.4 is 10.9 Å². The zero-order valence-corrected chi connectivity index (χ0v) is 11.6. The molecular weight excluding hydrogens is 278 g/mol. The minimum atomic E-state index is -0.392. The molecule has 2 N–H and O–H groups in total. The quantitative estimate of drug-likeness (QED) is 0.712. The number of benzene rings is 2. The summed E-state index contributed by atoms with van der Waals surface area (Å²) < 4.78 is 0. The third-order valence-corrected chi connectivity index (χ3v) is 3.24. The first-order valence-corrected chi connectivity index (χ1v) is 6.73. The number of hydrogen-bond donors (Lipinski definition) is 2. The van der Waals surface area contributed by atoms with Crippen molar-refractivity contribution in [3.63, 3.8) is 0 Å². The largest absolute Gasteiger partial charge is 0.269 e. The van der Waals surface area contributed by atoms with E-state index in [9.17, 15) is 9.59 Å².